The number of rotatable bonds is 5. The maximum absolute atomic E-state index is 14.7. The molecule has 3 rings (SSSR count). The second-order valence-electron chi connectivity index (χ2n) is 7.49. The van der Waals surface area contributed by atoms with Crippen molar-refractivity contribution in [3.63, 3.8) is 0 Å². The van der Waals surface area contributed by atoms with E-state index in [1.165, 1.54) is 14.0 Å². The number of nitrogens with zero attached hydrogens (tertiary/aromatic N) is 4. The maximum atomic E-state index is 14.7. The van der Waals surface area contributed by atoms with Gasteiger partial charge in [0.2, 0.25) is 21.9 Å². The van der Waals surface area contributed by atoms with Gasteiger partial charge in [-0.1, -0.05) is 5.92 Å². The number of halogens is 4. The average molecular weight is 516 g/mol. The standard InChI is InChI=1S/C21H20F3N5O3S.ClH/c1-5-12(2)32-18-10-26-17(9-27-18)15(22)7-13-6-14(19(24)16(23)8-13)21(3)11-33(30,31)29(4)20(25)28-21;/h1,6-10,12H,11H2,2-4H3,(H2,25,28);1H/b15-7-;/t12?,21-;/m0./s1. The number of sulfonamides is 1. The lowest BCUT2D eigenvalue weighted by Gasteiger charge is -2.34. The summed E-state index contributed by atoms with van der Waals surface area (Å²) in [6.45, 7) is 2.91. The van der Waals surface area contributed by atoms with Gasteiger partial charge in [-0.15, -0.1) is 18.8 Å². The SMILES string of the molecule is C#CC(C)Oc1cnc(/C(F)=C/c2cc(F)c(F)c([C@]3(C)CS(=O)(=O)N(C)C(N)=N3)c2)cn1.Cl. The minimum Gasteiger partial charge on any atom is -0.460 e. The predicted molar refractivity (Wildman–Crippen MR) is 124 cm³/mol. The van der Waals surface area contributed by atoms with Crippen LogP contribution in [0.2, 0.25) is 0 Å². The highest BCUT2D eigenvalue weighted by molar-refractivity contribution is 7.89. The molecule has 0 aliphatic carbocycles. The zero-order valence-electron chi connectivity index (χ0n) is 18.3. The van der Waals surface area contributed by atoms with Crippen LogP contribution in [-0.2, 0) is 15.6 Å². The molecule has 1 aliphatic heterocycles. The fraction of sp³-hybridized carbons (Fsp3) is 0.286. The van der Waals surface area contributed by atoms with Crippen molar-refractivity contribution in [2.45, 2.75) is 25.5 Å². The van der Waals surface area contributed by atoms with Crippen LogP contribution in [-0.4, -0.2) is 47.6 Å². The summed E-state index contributed by atoms with van der Waals surface area (Å²) < 4.78 is 74.5. The highest BCUT2D eigenvalue weighted by Gasteiger charge is 2.42. The van der Waals surface area contributed by atoms with Crippen molar-refractivity contribution in [3.8, 4) is 18.2 Å². The Labute approximate surface area is 201 Å². The van der Waals surface area contributed by atoms with Gasteiger partial charge in [-0.2, -0.15) is 0 Å². The summed E-state index contributed by atoms with van der Waals surface area (Å²) in [4.78, 5) is 11.8. The Morgan fingerprint density at radius 3 is 2.59 bits per heavy atom. The van der Waals surface area contributed by atoms with E-state index in [1.54, 1.807) is 6.92 Å². The number of benzene rings is 1. The molecule has 1 aromatic heterocycles. The van der Waals surface area contributed by atoms with E-state index in [9.17, 15) is 21.6 Å². The van der Waals surface area contributed by atoms with E-state index < -0.39 is 44.9 Å². The molecule has 0 spiro atoms. The molecule has 2 heterocycles. The first-order valence-electron chi connectivity index (χ1n) is 9.50. The van der Waals surface area contributed by atoms with Gasteiger partial charge in [0.15, 0.2) is 23.6 Å². The van der Waals surface area contributed by atoms with E-state index in [-0.39, 0.29) is 41.1 Å². The third-order valence-electron chi connectivity index (χ3n) is 4.89. The summed E-state index contributed by atoms with van der Waals surface area (Å²) in [6.07, 6.45) is 7.80. The summed E-state index contributed by atoms with van der Waals surface area (Å²) >= 11 is 0. The molecule has 0 bridgehead atoms. The third kappa shape index (κ3) is 5.43. The number of terminal acetylenes is 1. The Morgan fingerprint density at radius 2 is 2.03 bits per heavy atom. The van der Waals surface area contributed by atoms with Crippen molar-refractivity contribution in [1.29, 1.82) is 0 Å². The number of aromatic nitrogens is 2. The van der Waals surface area contributed by atoms with Gasteiger partial charge in [0.25, 0.3) is 0 Å². The molecular formula is C21H21ClF3N5O3S. The highest BCUT2D eigenvalue weighted by atomic mass is 35.5. The molecule has 34 heavy (non-hydrogen) atoms. The van der Waals surface area contributed by atoms with Gasteiger partial charge >= 0.3 is 0 Å². The van der Waals surface area contributed by atoms with Crippen LogP contribution in [0, 0.1) is 24.0 Å². The van der Waals surface area contributed by atoms with Gasteiger partial charge in [0.1, 0.15) is 11.2 Å². The highest BCUT2D eigenvalue weighted by Crippen LogP contribution is 2.35. The van der Waals surface area contributed by atoms with Crippen molar-refractivity contribution in [3.05, 3.63) is 53.0 Å². The molecule has 182 valence electrons. The molecule has 8 nitrogen and oxygen atoms in total. The lowest BCUT2D eigenvalue weighted by Crippen LogP contribution is -2.50. The van der Waals surface area contributed by atoms with Crippen LogP contribution in [0.1, 0.15) is 30.7 Å². The first kappa shape index (κ1) is 26.9. The molecule has 0 amide bonds. The van der Waals surface area contributed by atoms with E-state index in [4.69, 9.17) is 16.9 Å². The smallest absolute Gasteiger partial charge is 0.239 e. The Hall–Kier alpha value is -3.30. The van der Waals surface area contributed by atoms with Crippen molar-refractivity contribution in [2.75, 3.05) is 12.8 Å². The Bertz CT molecular complexity index is 1300. The summed E-state index contributed by atoms with van der Waals surface area (Å²) in [6, 6.07) is 1.87. The molecule has 0 radical (unpaired) electrons. The topological polar surface area (TPSA) is 111 Å². The van der Waals surface area contributed by atoms with Crippen LogP contribution >= 0.6 is 12.4 Å². The van der Waals surface area contributed by atoms with Crippen LogP contribution in [0.4, 0.5) is 13.2 Å². The molecule has 1 unspecified atom stereocenters. The Kier molecular flexibility index (Phi) is 7.85. The molecule has 0 fully saturated rings. The van der Waals surface area contributed by atoms with Crippen LogP contribution in [0.25, 0.3) is 11.9 Å². The average Bonchev–Trinajstić information content (AvgIpc) is 2.74. The van der Waals surface area contributed by atoms with Gasteiger partial charge in [-0.3, -0.25) is 0 Å². The lowest BCUT2D eigenvalue weighted by atomic mass is 9.92. The Morgan fingerprint density at radius 1 is 1.35 bits per heavy atom. The second kappa shape index (κ2) is 9.90. The zero-order chi connectivity index (χ0) is 24.6. The first-order valence-corrected chi connectivity index (χ1v) is 11.1. The van der Waals surface area contributed by atoms with E-state index in [1.807, 2.05) is 0 Å². The van der Waals surface area contributed by atoms with E-state index in [2.05, 4.69) is 20.9 Å². The quantitative estimate of drug-likeness (QED) is 0.613. The summed E-state index contributed by atoms with van der Waals surface area (Å²) in [5.41, 5.74) is 3.27. The lowest BCUT2D eigenvalue weighted by molar-refractivity contribution is 0.266. The van der Waals surface area contributed by atoms with Crippen molar-refractivity contribution in [2.24, 2.45) is 10.7 Å². The molecular weight excluding hydrogens is 495 g/mol. The predicted octanol–water partition coefficient (Wildman–Crippen LogP) is 2.85. The van der Waals surface area contributed by atoms with Crippen LogP contribution < -0.4 is 10.5 Å². The molecule has 1 aromatic carbocycles. The fourth-order valence-electron chi connectivity index (χ4n) is 3.11. The minimum atomic E-state index is -3.93. The number of hydrogen-bond donors (Lipinski definition) is 1. The number of aliphatic imine (C=N–C) groups is 1. The molecule has 2 aromatic rings. The first-order chi connectivity index (χ1) is 15.4. The molecule has 0 saturated heterocycles. The van der Waals surface area contributed by atoms with Crippen molar-refractivity contribution >= 4 is 40.3 Å². The Balaban J connectivity index is 0.00000408. The monoisotopic (exact) mass is 515 g/mol. The number of hydrogen-bond acceptors (Lipinski definition) is 7. The molecule has 2 atom stereocenters. The van der Waals surface area contributed by atoms with E-state index in [0.29, 0.717) is 0 Å². The summed E-state index contributed by atoms with van der Waals surface area (Å²) in [7, 11) is -2.74. The molecule has 13 heteroatoms. The normalized spacial score (nSPS) is 20.6. The molecule has 0 saturated carbocycles. The van der Waals surface area contributed by atoms with Gasteiger partial charge in [0, 0.05) is 12.6 Å². The van der Waals surface area contributed by atoms with E-state index in [0.717, 1.165) is 34.9 Å². The minimum absolute atomic E-state index is 0. The molecule has 1 aliphatic rings. The summed E-state index contributed by atoms with van der Waals surface area (Å²) in [5.74, 6) is -2.14. The van der Waals surface area contributed by atoms with Crippen LogP contribution in [0.5, 0.6) is 5.88 Å². The molecule has 2 N–H and O–H groups in total. The largest absolute Gasteiger partial charge is 0.460 e. The van der Waals surface area contributed by atoms with E-state index >= 15 is 0 Å². The second-order valence-corrected chi connectivity index (χ2v) is 9.49. The van der Waals surface area contributed by atoms with Gasteiger partial charge in [-0.05, 0) is 37.6 Å². The van der Waals surface area contributed by atoms with Gasteiger partial charge in [0.05, 0.1) is 18.1 Å². The number of nitrogens with two attached hydrogens (primary N) is 1. The summed E-state index contributed by atoms with van der Waals surface area (Å²) in [5, 5.41) is 0. The maximum Gasteiger partial charge on any atom is 0.239 e. The van der Waals surface area contributed by atoms with Crippen molar-refractivity contribution in [1.82, 2.24) is 14.3 Å². The van der Waals surface area contributed by atoms with Crippen LogP contribution in [0.15, 0.2) is 29.5 Å². The van der Waals surface area contributed by atoms with Gasteiger partial charge in [-0.25, -0.2) is 40.9 Å². The van der Waals surface area contributed by atoms with Crippen molar-refractivity contribution < 1.29 is 26.3 Å². The number of guanidine groups is 1. The third-order valence-corrected chi connectivity index (χ3v) is 6.84. The van der Waals surface area contributed by atoms with Gasteiger partial charge < -0.3 is 10.5 Å². The zero-order valence-corrected chi connectivity index (χ0v) is 19.9. The fourth-order valence-corrected chi connectivity index (χ4v) is 4.56. The van der Waals surface area contributed by atoms with Crippen LogP contribution in [0.3, 0.4) is 0 Å². The number of ether oxygens (including phenoxy) is 1.